The van der Waals surface area contributed by atoms with Crippen LogP contribution in [0.1, 0.15) is 47.9 Å². The summed E-state index contributed by atoms with van der Waals surface area (Å²) < 4.78 is 39.7. The minimum absolute atomic E-state index is 0.107. The summed E-state index contributed by atoms with van der Waals surface area (Å²) in [5.74, 6) is 0.457. The third-order valence-corrected chi connectivity index (χ3v) is 11.2. The van der Waals surface area contributed by atoms with E-state index >= 15 is 0 Å². The van der Waals surface area contributed by atoms with Gasteiger partial charge in [-0.2, -0.15) is 4.98 Å². The smallest absolute Gasteiger partial charge is 0.269 e. The molecule has 0 spiro atoms. The number of hydrogen-bond donors (Lipinski definition) is 1. The minimum atomic E-state index is -3.64. The average molecular weight is 519 g/mol. The molecule has 0 atom stereocenters. The van der Waals surface area contributed by atoms with Crippen molar-refractivity contribution in [1.82, 2.24) is 14.8 Å². The van der Waals surface area contributed by atoms with Crippen LogP contribution in [0, 0.1) is 0 Å². The number of anilines is 2. The number of benzene rings is 1. The van der Waals surface area contributed by atoms with Gasteiger partial charge in [-0.15, -0.1) is 5.10 Å². The van der Waals surface area contributed by atoms with Crippen LogP contribution < -0.4 is 5.32 Å². The van der Waals surface area contributed by atoms with Crippen LogP contribution in [0.5, 0.6) is 0 Å². The highest BCUT2D eigenvalue weighted by molar-refractivity contribution is 7.91. The van der Waals surface area contributed by atoms with Gasteiger partial charge in [0.2, 0.25) is 15.8 Å². The van der Waals surface area contributed by atoms with Crippen molar-refractivity contribution in [3.8, 4) is 0 Å². The molecule has 0 radical (unpaired) electrons. The molecule has 3 aliphatic rings. The van der Waals surface area contributed by atoms with Crippen molar-refractivity contribution in [1.29, 1.82) is 0 Å². The maximum Gasteiger partial charge on any atom is 0.269 e. The molecule has 1 aromatic carbocycles. The van der Waals surface area contributed by atoms with Gasteiger partial charge in [0, 0.05) is 33.6 Å². The summed E-state index contributed by atoms with van der Waals surface area (Å²) in [5, 5.41) is 7.42. The zero-order chi connectivity index (χ0) is 24.6. The molecule has 1 fully saturated rings. The first-order chi connectivity index (χ1) is 16.7. The molecular formula is C25H38N4O4SSi. The zero-order valence-electron chi connectivity index (χ0n) is 21.2. The third kappa shape index (κ3) is 5.35. The van der Waals surface area contributed by atoms with Gasteiger partial charge in [0.1, 0.15) is 6.73 Å². The molecule has 5 rings (SSSR count). The van der Waals surface area contributed by atoms with Gasteiger partial charge in [0.15, 0.2) is 0 Å². The first kappa shape index (κ1) is 24.9. The second kappa shape index (κ2) is 9.95. The molecule has 0 amide bonds. The van der Waals surface area contributed by atoms with E-state index in [1.54, 1.807) is 4.68 Å². The third-order valence-electron chi connectivity index (χ3n) is 7.43. The van der Waals surface area contributed by atoms with E-state index in [9.17, 15) is 8.42 Å². The number of aryl methyl sites for hydroxylation is 2. The largest absolute Gasteiger partial charge is 0.381 e. The Kier molecular flexibility index (Phi) is 7.09. The van der Waals surface area contributed by atoms with Crippen LogP contribution in [0.3, 0.4) is 0 Å². The van der Waals surface area contributed by atoms with E-state index in [4.69, 9.17) is 9.47 Å². The summed E-state index contributed by atoms with van der Waals surface area (Å²) in [4.78, 5) is 4.57. The molecular weight excluding hydrogens is 480 g/mol. The summed E-state index contributed by atoms with van der Waals surface area (Å²) in [6.45, 7) is 8.67. The Morgan fingerprint density at radius 2 is 1.74 bits per heavy atom. The number of ether oxygens (including phenoxy) is 2. The summed E-state index contributed by atoms with van der Waals surface area (Å²) in [7, 11) is -4.88. The Morgan fingerprint density at radius 3 is 2.37 bits per heavy atom. The van der Waals surface area contributed by atoms with Gasteiger partial charge >= 0.3 is 0 Å². The van der Waals surface area contributed by atoms with Gasteiger partial charge in [-0.1, -0.05) is 25.7 Å². The molecule has 1 aromatic heterocycles. The van der Waals surface area contributed by atoms with Crippen LogP contribution >= 0.6 is 0 Å². The molecule has 0 saturated carbocycles. The lowest BCUT2D eigenvalue weighted by Gasteiger charge is -2.20. The van der Waals surface area contributed by atoms with Crippen LogP contribution in [-0.2, 0) is 51.7 Å². The SMILES string of the molecule is C[Si](C)(C)CCOCn1nc(S(=O)(=O)C2CCOCC2)nc1Nc1c2c(cc3c1CCC3)CCC2. The van der Waals surface area contributed by atoms with E-state index in [2.05, 4.69) is 41.1 Å². The Balaban J connectivity index is 1.46. The second-order valence-corrected chi connectivity index (χ2v) is 19.0. The number of nitrogens with one attached hydrogen (secondary N) is 1. The van der Waals surface area contributed by atoms with Gasteiger partial charge in [0.05, 0.1) is 5.25 Å². The van der Waals surface area contributed by atoms with E-state index < -0.39 is 23.2 Å². The Hall–Kier alpha value is -1.75. The first-order valence-corrected chi connectivity index (χ1v) is 18.3. The maximum absolute atomic E-state index is 13.4. The number of aromatic nitrogens is 3. The molecule has 1 aliphatic heterocycles. The quantitative estimate of drug-likeness (QED) is 0.391. The zero-order valence-corrected chi connectivity index (χ0v) is 23.0. The van der Waals surface area contributed by atoms with Crippen LogP contribution in [0.2, 0.25) is 25.7 Å². The standard InChI is InChI=1S/C25H38N4O4SSi/c1-35(2,3)15-14-33-17-29-24(27-25(28-29)34(30,31)20-10-12-32-13-11-20)26-23-21-8-4-6-18(21)16-19-7-5-9-22(19)23/h16,20H,4-15,17H2,1-3H3,(H,26,27,28). The summed E-state index contributed by atoms with van der Waals surface area (Å²) >= 11 is 0. The van der Waals surface area contributed by atoms with Crippen molar-refractivity contribution in [2.75, 3.05) is 25.1 Å². The molecule has 2 aromatic rings. The summed E-state index contributed by atoms with van der Waals surface area (Å²) in [6, 6.07) is 3.43. The predicted octanol–water partition coefficient (Wildman–Crippen LogP) is 4.26. The van der Waals surface area contributed by atoms with E-state index in [0.717, 1.165) is 50.3 Å². The van der Waals surface area contributed by atoms with Crippen molar-refractivity contribution in [2.45, 2.75) is 94.2 Å². The van der Waals surface area contributed by atoms with Crippen LogP contribution in [0.4, 0.5) is 11.6 Å². The van der Waals surface area contributed by atoms with Crippen molar-refractivity contribution >= 4 is 29.5 Å². The number of nitrogens with zero attached hydrogens (tertiary/aromatic N) is 3. The van der Waals surface area contributed by atoms with E-state index in [-0.39, 0.29) is 11.9 Å². The molecule has 0 bridgehead atoms. The second-order valence-electron chi connectivity index (χ2n) is 11.3. The van der Waals surface area contributed by atoms with Gasteiger partial charge in [-0.3, -0.25) is 0 Å². The molecule has 8 nitrogen and oxygen atoms in total. The van der Waals surface area contributed by atoms with Crippen molar-refractivity contribution < 1.29 is 17.9 Å². The molecule has 10 heteroatoms. The number of rotatable bonds is 9. The Labute approximate surface area is 209 Å². The van der Waals surface area contributed by atoms with E-state index in [1.807, 2.05) is 0 Å². The van der Waals surface area contributed by atoms with Gasteiger partial charge < -0.3 is 14.8 Å². The highest BCUT2D eigenvalue weighted by atomic mass is 32.2. The fourth-order valence-corrected chi connectivity index (χ4v) is 7.66. The minimum Gasteiger partial charge on any atom is -0.381 e. The van der Waals surface area contributed by atoms with Crippen molar-refractivity contribution in [3.63, 3.8) is 0 Å². The van der Waals surface area contributed by atoms with Crippen molar-refractivity contribution in [2.24, 2.45) is 0 Å². The van der Waals surface area contributed by atoms with Gasteiger partial charge in [-0.25, -0.2) is 13.1 Å². The fraction of sp³-hybridized carbons (Fsp3) is 0.680. The average Bonchev–Trinajstić information content (AvgIpc) is 3.56. The van der Waals surface area contributed by atoms with E-state index in [0.29, 0.717) is 38.6 Å². The maximum atomic E-state index is 13.4. The Bertz CT molecular complexity index is 1150. The lowest BCUT2D eigenvalue weighted by atomic mass is 9.99. The number of sulfone groups is 1. The van der Waals surface area contributed by atoms with Gasteiger partial charge in [0.25, 0.3) is 5.16 Å². The molecule has 1 N–H and O–H groups in total. The lowest BCUT2D eigenvalue weighted by Crippen LogP contribution is -2.29. The summed E-state index contributed by atoms with van der Waals surface area (Å²) in [5.41, 5.74) is 6.67. The molecule has 2 aliphatic carbocycles. The van der Waals surface area contributed by atoms with E-state index in [1.165, 1.54) is 22.3 Å². The topological polar surface area (TPSA) is 95.3 Å². The fourth-order valence-electron chi connectivity index (χ4n) is 5.37. The molecule has 35 heavy (non-hydrogen) atoms. The van der Waals surface area contributed by atoms with Crippen LogP contribution in [0.15, 0.2) is 11.2 Å². The monoisotopic (exact) mass is 518 g/mol. The molecule has 192 valence electrons. The highest BCUT2D eigenvalue weighted by Crippen LogP contribution is 2.40. The number of fused-ring (bicyclic) bond motifs is 2. The highest BCUT2D eigenvalue weighted by Gasteiger charge is 2.34. The summed E-state index contributed by atoms with van der Waals surface area (Å²) in [6.07, 6.45) is 7.56. The van der Waals surface area contributed by atoms with Crippen molar-refractivity contribution in [3.05, 3.63) is 28.3 Å². The lowest BCUT2D eigenvalue weighted by molar-refractivity contribution is 0.0791. The molecule has 2 heterocycles. The molecule has 0 unspecified atom stereocenters. The first-order valence-electron chi connectivity index (χ1n) is 13.0. The van der Waals surface area contributed by atoms with Crippen LogP contribution in [0.25, 0.3) is 0 Å². The predicted molar refractivity (Wildman–Crippen MR) is 139 cm³/mol. The number of hydrogen-bond acceptors (Lipinski definition) is 7. The van der Waals surface area contributed by atoms with Gasteiger partial charge in [-0.05, 0) is 79.7 Å². The Morgan fingerprint density at radius 1 is 1.09 bits per heavy atom. The normalized spacial score (nSPS) is 18.6. The molecule has 1 saturated heterocycles. The van der Waals surface area contributed by atoms with Crippen LogP contribution in [-0.4, -0.2) is 56.3 Å².